The fourth-order valence-corrected chi connectivity index (χ4v) is 4.47. The highest BCUT2D eigenvalue weighted by Crippen LogP contribution is 2.34. The third-order valence-electron chi connectivity index (χ3n) is 6.31. The third kappa shape index (κ3) is 4.45. The monoisotopic (exact) mass is 375 g/mol. The lowest BCUT2D eigenvalue weighted by Crippen LogP contribution is -2.49. The first-order chi connectivity index (χ1) is 13.1. The highest BCUT2D eigenvalue weighted by molar-refractivity contribution is 5.94. The minimum absolute atomic E-state index is 0.0102. The van der Waals surface area contributed by atoms with Gasteiger partial charge in [-0.2, -0.15) is 0 Å². The zero-order valence-electron chi connectivity index (χ0n) is 16.8. The molecule has 2 fully saturated rings. The highest BCUT2D eigenvalue weighted by atomic mass is 16.5. The van der Waals surface area contributed by atoms with Gasteiger partial charge in [0.2, 0.25) is 0 Å². The van der Waals surface area contributed by atoms with Gasteiger partial charge in [0, 0.05) is 44.8 Å². The van der Waals surface area contributed by atoms with E-state index in [0.717, 1.165) is 51.4 Å². The first kappa shape index (κ1) is 20.1. The summed E-state index contributed by atoms with van der Waals surface area (Å²) in [6.45, 7) is 8.20. The maximum absolute atomic E-state index is 13.1. The smallest absolute Gasteiger partial charge is 0.254 e. The number of hydrogen-bond acceptors (Lipinski definition) is 5. The van der Waals surface area contributed by atoms with Gasteiger partial charge in [0.25, 0.3) is 5.91 Å². The Bertz CT molecular complexity index is 614. The van der Waals surface area contributed by atoms with Gasteiger partial charge in [-0.05, 0) is 43.1 Å². The van der Waals surface area contributed by atoms with Crippen LogP contribution >= 0.6 is 0 Å². The van der Waals surface area contributed by atoms with Crippen LogP contribution in [-0.4, -0.2) is 91.8 Å². The number of nitrogens with zero attached hydrogens (tertiary/aromatic N) is 3. The second-order valence-corrected chi connectivity index (χ2v) is 7.87. The van der Waals surface area contributed by atoms with E-state index in [0.29, 0.717) is 17.4 Å². The molecule has 2 saturated heterocycles. The average molecular weight is 376 g/mol. The van der Waals surface area contributed by atoms with Gasteiger partial charge in [-0.25, -0.2) is 0 Å². The summed E-state index contributed by atoms with van der Waals surface area (Å²) in [7, 11) is 3.78. The molecule has 0 radical (unpaired) electrons. The van der Waals surface area contributed by atoms with E-state index in [1.54, 1.807) is 7.11 Å². The molecular formula is C21H33N3O3. The van der Waals surface area contributed by atoms with E-state index < -0.39 is 0 Å². The lowest BCUT2D eigenvalue weighted by atomic mass is 9.88. The molecule has 0 aliphatic carbocycles. The Kier molecular flexibility index (Phi) is 6.73. The molecule has 3 atom stereocenters. The van der Waals surface area contributed by atoms with Crippen LogP contribution in [0.2, 0.25) is 0 Å². The zero-order valence-corrected chi connectivity index (χ0v) is 16.8. The Morgan fingerprint density at radius 1 is 1.19 bits per heavy atom. The van der Waals surface area contributed by atoms with Crippen molar-refractivity contribution in [2.45, 2.75) is 19.4 Å². The van der Waals surface area contributed by atoms with Crippen molar-refractivity contribution in [3.63, 3.8) is 0 Å². The van der Waals surface area contributed by atoms with Gasteiger partial charge in [-0.15, -0.1) is 0 Å². The Morgan fingerprint density at radius 3 is 2.41 bits per heavy atom. The maximum atomic E-state index is 13.1. The summed E-state index contributed by atoms with van der Waals surface area (Å²) in [5.74, 6) is 1.51. The summed E-state index contributed by atoms with van der Waals surface area (Å²) >= 11 is 0. The molecule has 2 heterocycles. The van der Waals surface area contributed by atoms with Crippen LogP contribution in [0.15, 0.2) is 24.3 Å². The quantitative estimate of drug-likeness (QED) is 0.815. The number of benzene rings is 1. The van der Waals surface area contributed by atoms with Crippen molar-refractivity contribution >= 4 is 5.91 Å². The van der Waals surface area contributed by atoms with Crippen LogP contribution in [-0.2, 0) is 0 Å². The number of aliphatic hydroxyl groups is 1. The molecule has 3 rings (SSSR count). The molecule has 0 saturated carbocycles. The number of piperazine rings is 1. The van der Waals surface area contributed by atoms with Gasteiger partial charge in [0.05, 0.1) is 19.8 Å². The zero-order chi connectivity index (χ0) is 19.4. The number of amides is 1. The standard InChI is InChI=1S/C21H33N3O3/c1-4-16-13-24(21(26)17-5-7-18(27-3)8-6-17)20(15-25)19(16)14-23-11-9-22(2)10-12-23/h5-8,16,19-20,25H,4,9-15H2,1-3H3/t16-,19-,20-/m1/s1. The maximum Gasteiger partial charge on any atom is 0.254 e. The number of likely N-dealkylation sites (tertiary alicyclic amines) is 1. The number of methoxy groups -OCH3 is 1. The van der Waals surface area contributed by atoms with Crippen molar-refractivity contribution in [3.8, 4) is 5.75 Å². The predicted octanol–water partition coefficient (Wildman–Crippen LogP) is 1.40. The molecule has 1 N–H and O–H groups in total. The summed E-state index contributed by atoms with van der Waals surface area (Å²) in [4.78, 5) is 19.9. The molecule has 150 valence electrons. The van der Waals surface area contributed by atoms with Crippen molar-refractivity contribution in [2.75, 3.05) is 60.0 Å². The molecule has 1 amide bonds. The predicted molar refractivity (Wildman–Crippen MR) is 106 cm³/mol. The van der Waals surface area contributed by atoms with Gasteiger partial charge >= 0.3 is 0 Å². The minimum Gasteiger partial charge on any atom is -0.497 e. The van der Waals surface area contributed by atoms with E-state index in [9.17, 15) is 9.90 Å². The second kappa shape index (κ2) is 9.04. The van der Waals surface area contributed by atoms with E-state index in [4.69, 9.17) is 4.74 Å². The number of ether oxygens (including phenoxy) is 1. The number of carbonyl (C=O) groups is 1. The van der Waals surface area contributed by atoms with E-state index in [1.807, 2.05) is 29.2 Å². The Balaban J connectivity index is 1.72. The van der Waals surface area contributed by atoms with Gasteiger partial charge in [0.15, 0.2) is 0 Å². The Labute approximate surface area is 162 Å². The summed E-state index contributed by atoms with van der Waals surface area (Å²) in [5, 5.41) is 10.1. The van der Waals surface area contributed by atoms with Crippen molar-refractivity contribution in [3.05, 3.63) is 29.8 Å². The van der Waals surface area contributed by atoms with Gasteiger partial charge in [0.1, 0.15) is 5.75 Å². The molecule has 1 aromatic carbocycles. The number of carbonyl (C=O) groups excluding carboxylic acids is 1. The average Bonchev–Trinajstić information content (AvgIpc) is 3.06. The van der Waals surface area contributed by atoms with Crippen LogP contribution in [0, 0.1) is 11.8 Å². The molecule has 27 heavy (non-hydrogen) atoms. The molecule has 0 bridgehead atoms. The Morgan fingerprint density at radius 2 is 1.85 bits per heavy atom. The number of rotatable bonds is 6. The van der Waals surface area contributed by atoms with Crippen LogP contribution < -0.4 is 4.74 Å². The SMILES string of the molecule is CC[C@@H]1CN(C(=O)c2ccc(OC)cc2)[C@H](CO)[C@@H]1CN1CCN(C)CC1. The molecule has 2 aliphatic rings. The van der Waals surface area contributed by atoms with Crippen LogP contribution in [0.5, 0.6) is 5.75 Å². The molecule has 0 unspecified atom stereocenters. The van der Waals surface area contributed by atoms with Crippen LogP contribution in [0.4, 0.5) is 0 Å². The van der Waals surface area contributed by atoms with Crippen molar-refractivity contribution < 1.29 is 14.6 Å². The van der Waals surface area contributed by atoms with E-state index in [-0.39, 0.29) is 18.6 Å². The first-order valence-electron chi connectivity index (χ1n) is 10.0. The highest BCUT2D eigenvalue weighted by Gasteiger charge is 2.43. The number of likely N-dealkylation sites (N-methyl/N-ethyl adjacent to an activating group) is 1. The number of aliphatic hydroxyl groups excluding tert-OH is 1. The number of hydrogen-bond donors (Lipinski definition) is 1. The lowest BCUT2D eigenvalue weighted by molar-refractivity contribution is 0.0591. The lowest BCUT2D eigenvalue weighted by Gasteiger charge is -2.36. The van der Waals surface area contributed by atoms with E-state index in [2.05, 4.69) is 23.8 Å². The summed E-state index contributed by atoms with van der Waals surface area (Å²) in [6.07, 6.45) is 1.03. The largest absolute Gasteiger partial charge is 0.497 e. The first-order valence-corrected chi connectivity index (χ1v) is 10.0. The molecule has 6 nitrogen and oxygen atoms in total. The molecule has 2 aliphatic heterocycles. The van der Waals surface area contributed by atoms with Crippen LogP contribution in [0.25, 0.3) is 0 Å². The summed E-state index contributed by atoms with van der Waals surface area (Å²) in [6, 6.07) is 7.14. The third-order valence-corrected chi connectivity index (χ3v) is 6.31. The van der Waals surface area contributed by atoms with Crippen molar-refractivity contribution in [1.29, 1.82) is 0 Å². The molecule has 0 aromatic heterocycles. The van der Waals surface area contributed by atoms with E-state index in [1.165, 1.54) is 0 Å². The molecular weight excluding hydrogens is 342 g/mol. The fraction of sp³-hybridized carbons (Fsp3) is 0.667. The van der Waals surface area contributed by atoms with Crippen LogP contribution in [0.3, 0.4) is 0 Å². The van der Waals surface area contributed by atoms with Crippen LogP contribution in [0.1, 0.15) is 23.7 Å². The molecule has 1 aromatic rings. The fourth-order valence-electron chi connectivity index (χ4n) is 4.47. The second-order valence-electron chi connectivity index (χ2n) is 7.87. The van der Waals surface area contributed by atoms with Crippen molar-refractivity contribution in [2.24, 2.45) is 11.8 Å². The summed E-state index contributed by atoms with van der Waals surface area (Å²) in [5.41, 5.74) is 0.657. The Hall–Kier alpha value is -1.63. The topological polar surface area (TPSA) is 56.3 Å². The normalized spacial score (nSPS) is 27.1. The van der Waals surface area contributed by atoms with E-state index >= 15 is 0 Å². The van der Waals surface area contributed by atoms with Crippen molar-refractivity contribution in [1.82, 2.24) is 14.7 Å². The molecule has 0 spiro atoms. The van der Waals surface area contributed by atoms with Gasteiger partial charge in [-0.1, -0.05) is 13.3 Å². The summed E-state index contributed by atoms with van der Waals surface area (Å²) < 4.78 is 5.19. The van der Waals surface area contributed by atoms with Gasteiger partial charge in [-0.3, -0.25) is 4.79 Å². The minimum atomic E-state index is -0.107. The van der Waals surface area contributed by atoms with Gasteiger partial charge < -0.3 is 24.5 Å². The molecule has 6 heteroatoms.